The first kappa shape index (κ1) is 13.8. The predicted molar refractivity (Wildman–Crippen MR) is 94.6 cm³/mol. The molecule has 0 N–H and O–H groups in total. The van der Waals surface area contributed by atoms with Crippen LogP contribution in [0.5, 0.6) is 0 Å². The molecule has 0 atom stereocenters. The number of aryl methyl sites for hydroxylation is 1. The first-order valence-corrected chi connectivity index (χ1v) is 7.80. The zero-order chi connectivity index (χ0) is 16.0. The van der Waals surface area contributed by atoms with Crippen molar-refractivity contribution < 1.29 is 4.79 Å². The van der Waals surface area contributed by atoms with E-state index in [1.807, 2.05) is 49.4 Å². The van der Waals surface area contributed by atoms with Crippen LogP contribution < -0.4 is 4.90 Å². The number of hydrogen-bond donors (Lipinski definition) is 0. The summed E-state index contributed by atoms with van der Waals surface area (Å²) in [7, 11) is 2.03. The van der Waals surface area contributed by atoms with Gasteiger partial charge in [0.25, 0.3) is 5.91 Å². The topological polar surface area (TPSA) is 25.2 Å². The summed E-state index contributed by atoms with van der Waals surface area (Å²) < 4.78 is 2.09. The summed E-state index contributed by atoms with van der Waals surface area (Å²) in [6, 6.07) is 14.4. The van der Waals surface area contributed by atoms with Crippen LogP contribution in [0.1, 0.15) is 28.4 Å². The lowest BCUT2D eigenvalue weighted by Gasteiger charge is -2.16. The van der Waals surface area contributed by atoms with Gasteiger partial charge >= 0.3 is 0 Å². The Balaban J connectivity index is 1.73. The molecule has 0 fully saturated rings. The first-order chi connectivity index (χ1) is 11.2. The monoisotopic (exact) mass is 302 g/mol. The average molecular weight is 302 g/mol. The van der Waals surface area contributed by atoms with E-state index >= 15 is 0 Å². The molecule has 3 nitrogen and oxygen atoms in total. The minimum Gasteiger partial charge on any atom is -0.351 e. The van der Waals surface area contributed by atoms with E-state index in [-0.39, 0.29) is 5.91 Å². The number of rotatable bonds is 2. The van der Waals surface area contributed by atoms with Gasteiger partial charge in [-0.3, -0.25) is 4.79 Å². The molecule has 3 heteroatoms. The number of allylic oxidation sites excluding steroid dienone is 1. The Kier molecular flexibility index (Phi) is 3.08. The van der Waals surface area contributed by atoms with Crippen LogP contribution in [-0.4, -0.2) is 10.5 Å². The number of nitrogens with zero attached hydrogens (tertiary/aromatic N) is 2. The van der Waals surface area contributed by atoms with Crippen molar-refractivity contribution in [2.45, 2.75) is 13.5 Å². The number of amides is 1. The molecule has 0 unspecified atom stereocenters. The molecule has 4 rings (SSSR count). The van der Waals surface area contributed by atoms with Gasteiger partial charge in [0.05, 0.1) is 6.54 Å². The van der Waals surface area contributed by atoms with Crippen molar-refractivity contribution in [2.24, 2.45) is 7.05 Å². The maximum absolute atomic E-state index is 12.8. The van der Waals surface area contributed by atoms with Crippen molar-refractivity contribution in [1.82, 2.24) is 4.57 Å². The van der Waals surface area contributed by atoms with E-state index in [9.17, 15) is 4.79 Å². The van der Waals surface area contributed by atoms with Gasteiger partial charge in [-0.1, -0.05) is 24.3 Å². The smallest absolute Gasteiger partial charge is 0.258 e. The first-order valence-electron chi connectivity index (χ1n) is 7.80. The van der Waals surface area contributed by atoms with E-state index < -0.39 is 0 Å². The molecule has 1 aromatic heterocycles. The van der Waals surface area contributed by atoms with Crippen LogP contribution in [0, 0.1) is 0 Å². The van der Waals surface area contributed by atoms with Crippen LogP contribution in [0.25, 0.3) is 17.0 Å². The van der Waals surface area contributed by atoms with Crippen LogP contribution in [0.2, 0.25) is 0 Å². The summed E-state index contributed by atoms with van der Waals surface area (Å²) >= 11 is 0. The van der Waals surface area contributed by atoms with Crippen molar-refractivity contribution in [3.63, 3.8) is 0 Å². The fraction of sp³-hybridized carbons (Fsp3) is 0.150. The van der Waals surface area contributed by atoms with Crippen LogP contribution in [-0.2, 0) is 13.6 Å². The van der Waals surface area contributed by atoms with Gasteiger partial charge in [0.2, 0.25) is 0 Å². The second-order valence-corrected chi connectivity index (χ2v) is 5.98. The van der Waals surface area contributed by atoms with Crippen molar-refractivity contribution >= 4 is 28.6 Å². The number of anilines is 1. The van der Waals surface area contributed by atoms with Crippen molar-refractivity contribution in [1.29, 1.82) is 0 Å². The van der Waals surface area contributed by atoms with Gasteiger partial charge in [-0.05, 0) is 48.4 Å². The Labute approximate surface area is 135 Å². The molecule has 0 radical (unpaired) electrons. The summed E-state index contributed by atoms with van der Waals surface area (Å²) in [5, 5.41) is 1.16. The summed E-state index contributed by atoms with van der Waals surface area (Å²) in [6.07, 6.45) is 6.05. The maximum atomic E-state index is 12.8. The molecule has 1 amide bonds. The van der Waals surface area contributed by atoms with Gasteiger partial charge in [-0.2, -0.15) is 0 Å². The van der Waals surface area contributed by atoms with Gasteiger partial charge in [0.1, 0.15) is 0 Å². The van der Waals surface area contributed by atoms with Gasteiger partial charge in [-0.25, -0.2) is 0 Å². The third-order valence-corrected chi connectivity index (χ3v) is 4.48. The molecule has 0 aliphatic carbocycles. The number of fused-ring (bicyclic) bond motifs is 2. The third kappa shape index (κ3) is 2.16. The van der Waals surface area contributed by atoms with Crippen molar-refractivity contribution in [2.75, 3.05) is 4.90 Å². The Morgan fingerprint density at radius 1 is 1.09 bits per heavy atom. The Hall–Kier alpha value is -2.81. The van der Waals surface area contributed by atoms with Gasteiger partial charge in [0, 0.05) is 35.4 Å². The fourth-order valence-corrected chi connectivity index (χ4v) is 3.26. The lowest BCUT2D eigenvalue weighted by molar-refractivity contribution is 0.0996. The van der Waals surface area contributed by atoms with Crippen molar-refractivity contribution in [3.05, 3.63) is 71.4 Å². The summed E-state index contributed by atoms with van der Waals surface area (Å²) in [6.45, 7) is 2.62. The van der Waals surface area contributed by atoms with Crippen LogP contribution in [0.15, 0.2) is 54.7 Å². The lowest BCUT2D eigenvalue weighted by atomic mass is 10.1. The van der Waals surface area contributed by atoms with Gasteiger partial charge in [0.15, 0.2) is 0 Å². The molecule has 2 heterocycles. The van der Waals surface area contributed by atoms with E-state index in [0.29, 0.717) is 6.54 Å². The van der Waals surface area contributed by atoms with E-state index in [2.05, 4.69) is 34.9 Å². The zero-order valence-electron chi connectivity index (χ0n) is 13.3. The van der Waals surface area contributed by atoms with E-state index in [0.717, 1.165) is 27.8 Å². The zero-order valence-corrected chi connectivity index (χ0v) is 13.3. The van der Waals surface area contributed by atoms with E-state index in [4.69, 9.17) is 0 Å². The van der Waals surface area contributed by atoms with Gasteiger partial charge in [-0.15, -0.1) is 0 Å². The molecule has 1 aliphatic heterocycles. The average Bonchev–Trinajstić information content (AvgIpc) is 3.09. The van der Waals surface area contributed by atoms with Crippen LogP contribution in [0.3, 0.4) is 0 Å². The normalized spacial score (nSPS) is 14.2. The highest BCUT2D eigenvalue weighted by molar-refractivity contribution is 6.10. The molecule has 1 aliphatic rings. The fourth-order valence-electron chi connectivity index (χ4n) is 3.26. The number of carbonyl (C=O) groups excluding carboxylic acids is 1. The number of hydrogen-bond acceptors (Lipinski definition) is 1. The van der Waals surface area contributed by atoms with Gasteiger partial charge < -0.3 is 9.47 Å². The third-order valence-electron chi connectivity index (χ3n) is 4.48. The number of carbonyl (C=O) groups is 1. The second-order valence-electron chi connectivity index (χ2n) is 5.98. The highest BCUT2D eigenvalue weighted by Crippen LogP contribution is 2.31. The molecule has 3 aromatic rings. The quantitative estimate of drug-likeness (QED) is 0.690. The molecule has 2 aromatic carbocycles. The molecule has 0 spiro atoms. The molecular weight excluding hydrogens is 284 g/mol. The highest BCUT2D eigenvalue weighted by atomic mass is 16.2. The molecule has 114 valence electrons. The van der Waals surface area contributed by atoms with E-state index in [1.54, 1.807) is 0 Å². The van der Waals surface area contributed by atoms with Crippen LogP contribution in [0.4, 0.5) is 5.69 Å². The SMILES string of the molecule is C/C=C\c1ccc2c(c1)C(=O)N(c1ccc3c(ccn3C)c1)C2. The van der Waals surface area contributed by atoms with Crippen molar-refractivity contribution in [3.8, 4) is 0 Å². The number of benzene rings is 2. The maximum Gasteiger partial charge on any atom is 0.258 e. The van der Waals surface area contributed by atoms with Crippen LogP contribution >= 0.6 is 0 Å². The molecule has 0 bridgehead atoms. The highest BCUT2D eigenvalue weighted by Gasteiger charge is 2.28. The molecule has 0 saturated carbocycles. The molecule has 23 heavy (non-hydrogen) atoms. The Morgan fingerprint density at radius 2 is 1.96 bits per heavy atom. The minimum atomic E-state index is 0.0848. The Morgan fingerprint density at radius 3 is 2.78 bits per heavy atom. The molecular formula is C20H18N2O. The summed E-state index contributed by atoms with van der Waals surface area (Å²) in [5.74, 6) is 0.0848. The van der Waals surface area contributed by atoms with E-state index in [1.165, 1.54) is 5.52 Å². The Bertz CT molecular complexity index is 949. The number of aromatic nitrogens is 1. The summed E-state index contributed by atoms with van der Waals surface area (Å²) in [5.41, 5.74) is 5.11. The molecule has 0 saturated heterocycles. The second kappa shape index (κ2) is 5.13. The minimum absolute atomic E-state index is 0.0848. The largest absolute Gasteiger partial charge is 0.351 e. The summed E-state index contributed by atoms with van der Waals surface area (Å²) in [4.78, 5) is 14.6. The lowest BCUT2D eigenvalue weighted by Crippen LogP contribution is -2.22. The standard InChI is InChI=1S/C20H18N2O/c1-3-4-14-5-6-16-13-22(20(23)18(16)11-14)17-7-8-19-15(12-17)9-10-21(19)2/h3-12H,13H2,1-2H3/b4-3-. The predicted octanol–water partition coefficient (Wildman–Crippen LogP) is 4.37.